The van der Waals surface area contributed by atoms with Crippen LogP contribution in [-0.2, 0) is 20.7 Å². The van der Waals surface area contributed by atoms with E-state index in [-0.39, 0.29) is 0 Å². The normalized spacial score (nSPS) is 15.4. The number of nitrogens with two attached hydrogens (primary N) is 2. The van der Waals surface area contributed by atoms with E-state index in [9.17, 15) is 48.5 Å². The lowest BCUT2D eigenvalue weighted by molar-refractivity contribution is 0.381. The Labute approximate surface area is 170 Å². The Hall–Kier alpha value is -1.90. The van der Waals surface area contributed by atoms with Gasteiger partial charge < -0.3 is 5.09 Å². The molecule has 2 atom stereocenters. The zero-order valence-corrected chi connectivity index (χ0v) is 16.7. The SMILES string of the molecule is NP(=O)(Nc1c(F)c(F)c(F)c(F)c1F)OP(N)(=S)Nc1c(F)c(F)c(F)c(F)c1F. The monoisotopic (exact) mass is 522 g/mol. The summed E-state index contributed by atoms with van der Waals surface area (Å²) in [5.74, 6) is -24.8. The summed E-state index contributed by atoms with van der Waals surface area (Å²) in [4.78, 5) is 0. The molecular formula is C12H6F10N4O2P2S. The molecule has 0 aromatic heterocycles. The second-order valence-corrected chi connectivity index (χ2v) is 10.5. The highest BCUT2D eigenvalue weighted by atomic mass is 32.5. The van der Waals surface area contributed by atoms with Crippen molar-refractivity contribution in [1.29, 1.82) is 0 Å². The molecule has 0 fully saturated rings. The van der Waals surface area contributed by atoms with E-state index in [0.717, 1.165) is 5.09 Å². The van der Waals surface area contributed by atoms with Crippen LogP contribution in [0.4, 0.5) is 55.3 Å². The molecule has 0 radical (unpaired) electrons. The van der Waals surface area contributed by atoms with Crippen molar-refractivity contribution < 1.29 is 52.8 Å². The molecule has 0 spiro atoms. The molecular weight excluding hydrogens is 516 g/mol. The number of hydrogen-bond acceptors (Lipinski definition) is 3. The molecule has 6 N–H and O–H groups in total. The summed E-state index contributed by atoms with van der Waals surface area (Å²) in [5.41, 5.74) is 6.52. The summed E-state index contributed by atoms with van der Waals surface area (Å²) < 4.78 is 150. The van der Waals surface area contributed by atoms with Crippen LogP contribution in [0.5, 0.6) is 0 Å². The van der Waals surface area contributed by atoms with Crippen molar-refractivity contribution in [3.8, 4) is 0 Å². The third kappa shape index (κ3) is 4.96. The Kier molecular flexibility index (Phi) is 7.00. The van der Waals surface area contributed by atoms with E-state index in [1.54, 1.807) is 0 Å². The highest BCUT2D eigenvalue weighted by Gasteiger charge is 2.34. The fraction of sp³-hybridized carbons (Fsp3) is 0. The van der Waals surface area contributed by atoms with Crippen LogP contribution < -0.4 is 21.2 Å². The average Bonchev–Trinajstić information content (AvgIpc) is 2.67. The maximum Gasteiger partial charge on any atom is 0.369 e. The molecule has 2 unspecified atom stereocenters. The minimum absolute atomic E-state index is 1.13. The number of anilines is 2. The van der Waals surface area contributed by atoms with Crippen molar-refractivity contribution in [2.24, 2.45) is 11.0 Å². The lowest BCUT2D eigenvalue weighted by atomic mass is 10.2. The molecule has 0 saturated carbocycles. The van der Waals surface area contributed by atoms with Gasteiger partial charge in [-0.15, -0.1) is 0 Å². The van der Waals surface area contributed by atoms with E-state index < -0.39 is 83.8 Å². The van der Waals surface area contributed by atoms with Crippen molar-refractivity contribution in [2.75, 3.05) is 10.2 Å². The maximum atomic E-state index is 13.7. The first-order valence-electron chi connectivity index (χ1n) is 7.08. The maximum absolute atomic E-state index is 13.7. The van der Waals surface area contributed by atoms with E-state index in [0.29, 0.717) is 0 Å². The van der Waals surface area contributed by atoms with Gasteiger partial charge in [0.2, 0.25) is 18.2 Å². The van der Waals surface area contributed by atoms with E-state index >= 15 is 0 Å². The molecule has 2 aromatic rings. The summed E-state index contributed by atoms with van der Waals surface area (Å²) in [6.45, 7) is -4.65. The van der Waals surface area contributed by atoms with Crippen LogP contribution >= 0.6 is 14.2 Å². The number of benzene rings is 2. The van der Waals surface area contributed by atoms with Gasteiger partial charge in [-0.25, -0.2) is 58.3 Å². The molecule has 0 aliphatic heterocycles. The minimum Gasteiger partial charge on any atom is -0.320 e. The number of hydrogen-bond donors (Lipinski definition) is 4. The lowest BCUT2D eigenvalue weighted by Crippen LogP contribution is -2.18. The largest absolute Gasteiger partial charge is 0.369 e. The summed E-state index contributed by atoms with van der Waals surface area (Å²) >= 11 is 4.46. The molecule has 0 aliphatic rings. The minimum atomic E-state index is -5.28. The van der Waals surface area contributed by atoms with Gasteiger partial charge in [-0.1, -0.05) is 0 Å². The predicted octanol–water partition coefficient (Wildman–Crippen LogP) is 4.87. The second-order valence-electron chi connectivity index (χ2n) is 5.39. The van der Waals surface area contributed by atoms with Crippen LogP contribution in [0.1, 0.15) is 0 Å². The second kappa shape index (κ2) is 8.56. The smallest absolute Gasteiger partial charge is 0.320 e. The van der Waals surface area contributed by atoms with Crippen molar-refractivity contribution in [1.82, 2.24) is 0 Å². The van der Waals surface area contributed by atoms with Gasteiger partial charge in [0, 0.05) is 0 Å². The van der Waals surface area contributed by atoms with Crippen molar-refractivity contribution in [3.05, 3.63) is 58.2 Å². The molecule has 0 aliphatic carbocycles. The van der Waals surface area contributed by atoms with Crippen LogP contribution in [-0.4, -0.2) is 0 Å². The van der Waals surface area contributed by atoms with Crippen LogP contribution in [0.15, 0.2) is 0 Å². The van der Waals surface area contributed by atoms with Gasteiger partial charge >= 0.3 is 7.67 Å². The summed E-state index contributed by atoms with van der Waals surface area (Å²) in [5, 5.41) is 2.49. The van der Waals surface area contributed by atoms with Crippen molar-refractivity contribution >= 4 is 37.4 Å². The number of rotatable bonds is 6. The van der Waals surface area contributed by atoms with Crippen LogP contribution in [0, 0.1) is 58.2 Å². The first-order valence-corrected chi connectivity index (χ1v) is 11.6. The Balaban J connectivity index is 2.39. The molecule has 2 aromatic carbocycles. The zero-order valence-electron chi connectivity index (χ0n) is 14.1. The molecule has 172 valence electrons. The highest BCUT2D eigenvalue weighted by Crippen LogP contribution is 2.55. The van der Waals surface area contributed by atoms with Gasteiger partial charge in [0.15, 0.2) is 46.5 Å². The van der Waals surface area contributed by atoms with Gasteiger partial charge in [-0.2, -0.15) is 0 Å². The van der Waals surface area contributed by atoms with Crippen molar-refractivity contribution in [3.63, 3.8) is 0 Å². The third-order valence-electron chi connectivity index (χ3n) is 3.20. The fourth-order valence-corrected chi connectivity index (χ4v) is 5.89. The van der Waals surface area contributed by atoms with E-state index in [2.05, 4.69) is 16.1 Å². The first kappa shape index (κ1) is 25.4. The van der Waals surface area contributed by atoms with Crippen LogP contribution in [0.3, 0.4) is 0 Å². The quantitative estimate of drug-likeness (QED) is 0.186. The number of halogens is 10. The van der Waals surface area contributed by atoms with Gasteiger partial charge in [0.25, 0.3) is 0 Å². The fourth-order valence-electron chi connectivity index (χ4n) is 1.94. The molecule has 31 heavy (non-hydrogen) atoms. The standard InChI is InChI=1S/C12H6F10N4O2P2S/c13-1-3(15)7(19)11(8(20)4(1)16)25-29(23,27)28-30(24,31)26-12-9(21)5(17)2(14)6(18)10(12)22/h(H3,23,25,27)(H3,24,26,31). The third-order valence-corrected chi connectivity index (χ3v) is 7.08. The highest BCUT2D eigenvalue weighted by molar-refractivity contribution is 8.13. The topological polar surface area (TPSA) is 102 Å². The Morgan fingerprint density at radius 2 is 0.839 bits per heavy atom. The van der Waals surface area contributed by atoms with E-state index in [1.165, 1.54) is 5.09 Å². The molecule has 0 heterocycles. The van der Waals surface area contributed by atoms with E-state index in [4.69, 9.17) is 11.0 Å². The molecule has 19 heteroatoms. The van der Waals surface area contributed by atoms with E-state index in [1.807, 2.05) is 0 Å². The number of nitrogens with one attached hydrogen (secondary N) is 2. The zero-order chi connectivity index (χ0) is 24.0. The molecule has 2 rings (SSSR count). The Morgan fingerprint density at radius 1 is 0.581 bits per heavy atom. The average molecular weight is 522 g/mol. The van der Waals surface area contributed by atoms with Crippen LogP contribution in [0.2, 0.25) is 0 Å². The summed E-state index contributed by atoms with van der Waals surface area (Å²) in [7, 11) is -5.28. The molecule has 0 saturated heterocycles. The van der Waals surface area contributed by atoms with Gasteiger partial charge in [-0.3, -0.25) is 10.6 Å². The molecule has 0 bridgehead atoms. The molecule has 6 nitrogen and oxygen atoms in total. The summed E-state index contributed by atoms with van der Waals surface area (Å²) in [6.07, 6.45) is 0. The Bertz CT molecular complexity index is 1040. The Morgan fingerprint density at radius 3 is 1.16 bits per heavy atom. The van der Waals surface area contributed by atoms with Crippen molar-refractivity contribution in [2.45, 2.75) is 0 Å². The molecule has 0 amide bonds. The summed E-state index contributed by atoms with van der Waals surface area (Å²) in [6, 6.07) is 0. The van der Waals surface area contributed by atoms with Gasteiger partial charge in [0.1, 0.15) is 11.4 Å². The van der Waals surface area contributed by atoms with Gasteiger partial charge in [-0.05, 0) is 11.8 Å². The first-order chi connectivity index (χ1) is 14.0. The van der Waals surface area contributed by atoms with Gasteiger partial charge in [0.05, 0.1) is 0 Å². The predicted molar refractivity (Wildman–Crippen MR) is 91.1 cm³/mol. The lowest BCUT2D eigenvalue weighted by Gasteiger charge is -2.25. The van der Waals surface area contributed by atoms with Crippen LogP contribution in [0.25, 0.3) is 0 Å².